The molecule has 1 unspecified atom stereocenters. The lowest BCUT2D eigenvalue weighted by Crippen LogP contribution is -2.12. The third kappa shape index (κ3) is 4.15. The molecule has 5 rings (SSSR count). The van der Waals surface area contributed by atoms with Crippen molar-refractivity contribution in [3.05, 3.63) is 46.6 Å². The SMILES string of the molecule is Nc1nc(-c2ccc(C=O)s2)c2nnn(Cc3ccc(COC4CCOC4)cn3)c2n1. The quantitative estimate of drug-likeness (QED) is 0.432. The van der Waals surface area contributed by atoms with Crippen LogP contribution in [0.25, 0.3) is 21.7 Å². The number of anilines is 1. The van der Waals surface area contributed by atoms with E-state index < -0.39 is 0 Å². The van der Waals surface area contributed by atoms with E-state index in [0.29, 0.717) is 41.5 Å². The Labute approximate surface area is 181 Å². The van der Waals surface area contributed by atoms with Gasteiger partial charge in [0, 0.05) is 12.8 Å². The van der Waals surface area contributed by atoms with Crippen molar-refractivity contribution in [2.45, 2.75) is 25.7 Å². The molecule has 11 heteroatoms. The molecule has 4 aromatic rings. The highest BCUT2D eigenvalue weighted by Crippen LogP contribution is 2.30. The summed E-state index contributed by atoms with van der Waals surface area (Å²) >= 11 is 1.31. The third-order valence-corrected chi connectivity index (χ3v) is 5.95. The molecule has 0 saturated carbocycles. The number of thiophene rings is 1. The highest BCUT2D eigenvalue weighted by molar-refractivity contribution is 7.17. The van der Waals surface area contributed by atoms with Crippen LogP contribution in [0.2, 0.25) is 0 Å². The summed E-state index contributed by atoms with van der Waals surface area (Å²) in [6.45, 7) is 2.30. The Hall–Kier alpha value is -3.28. The predicted molar refractivity (Wildman–Crippen MR) is 114 cm³/mol. The van der Waals surface area contributed by atoms with Gasteiger partial charge in [-0.1, -0.05) is 11.3 Å². The Bertz CT molecular complexity index is 1220. The van der Waals surface area contributed by atoms with Gasteiger partial charge in [0.2, 0.25) is 5.95 Å². The van der Waals surface area contributed by atoms with Gasteiger partial charge < -0.3 is 15.2 Å². The molecule has 5 heterocycles. The van der Waals surface area contributed by atoms with E-state index in [1.807, 2.05) is 18.2 Å². The number of hydrogen-bond donors (Lipinski definition) is 1. The van der Waals surface area contributed by atoms with Gasteiger partial charge in [0.05, 0.1) is 41.3 Å². The topological polar surface area (TPSA) is 131 Å². The fraction of sp³-hybridized carbons (Fsp3) is 0.300. The first-order valence-electron chi connectivity index (χ1n) is 9.75. The van der Waals surface area contributed by atoms with Gasteiger partial charge in [0.15, 0.2) is 17.5 Å². The van der Waals surface area contributed by atoms with Crippen LogP contribution in [0.3, 0.4) is 0 Å². The van der Waals surface area contributed by atoms with E-state index in [2.05, 4.69) is 25.3 Å². The lowest BCUT2D eigenvalue weighted by atomic mass is 10.2. The maximum absolute atomic E-state index is 11.0. The Kier molecular flexibility index (Phi) is 5.37. The highest BCUT2D eigenvalue weighted by atomic mass is 32.1. The van der Waals surface area contributed by atoms with Gasteiger partial charge in [-0.15, -0.1) is 16.4 Å². The minimum Gasteiger partial charge on any atom is -0.379 e. The summed E-state index contributed by atoms with van der Waals surface area (Å²) in [6, 6.07) is 7.46. The minimum absolute atomic E-state index is 0.114. The van der Waals surface area contributed by atoms with Crippen LogP contribution in [-0.4, -0.2) is 55.5 Å². The summed E-state index contributed by atoms with van der Waals surface area (Å²) in [5.41, 5.74) is 9.33. The number of pyridine rings is 1. The molecule has 0 spiro atoms. The first-order chi connectivity index (χ1) is 15.2. The molecule has 0 radical (unpaired) electrons. The molecule has 0 bridgehead atoms. The number of ether oxygens (including phenoxy) is 2. The molecule has 31 heavy (non-hydrogen) atoms. The average Bonchev–Trinajstić information content (AvgIpc) is 3.54. The summed E-state index contributed by atoms with van der Waals surface area (Å²) in [4.78, 5) is 25.5. The zero-order valence-corrected chi connectivity index (χ0v) is 17.3. The van der Waals surface area contributed by atoms with Crippen molar-refractivity contribution in [3.8, 4) is 10.6 Å². The molecule has 1 aliphatic rings. The van der Waals surface area contributed by atoms with E-state index in [4.69, 9.17) is 15.2 Å². The molecule has 1 fully saturated rings. The van der Waals surface area contributed by atoms with Crippen LogP contribution in [0.15, 0.2) is 30.5 Å². The largest absolute Gasteiger partial charge is 0.379 e. The van der Waals surface area contributed by atoms with Crippen LogP contribution >= 0.6 is 11.3 Å². The standard InChI is InChI=1S/C20H19N7O3S/c21-20-23-17(16-4-3-15(9-28)31-16)18-19(24-20)27(26-25-18)8-13-2-1-12(7-22-13)10-30-14-5-6-29-11-14/h1-4,7,9,14H,5-6,8,10-11H2,(H2,21,23,24). The molecular weight excluding hydrogens is 418 g/mol. The normalized spacial score (nSPS) is 16.2. The van der Waals surface area contributed by atoms with Crippen LogP contribution in [0.1, 0.15) is 27.3 Å². The van der Waals surface area contributed by atoms with Crippen LogP contribution in [0.4, 0.5) is 5.95 Å². The lowest BCUT2D eigenvalue weighted by molar-refractivity contribution is 0.0316. The van der Waals surface area contributed by atoms with Crippen molar-refractivity contribution >= 4 is 34.7 Å². The second-order valence-electron chi connectivity index (χ2n) is 7.12. The smallest absolute Gasteiger partial charge is 0.222 e. The number of aromatic nitrogens is 6. The number of hydrogen-bond acceptors (Lipinski definition) is 10. The number of fused-ring (bicyclic) bond motifs is 1. The van der Waals surface area contributed by atoms with Gasteiger partial charge >= 0.3 is 0 Å². The molecule has 2 N–H and O–H groups in total. The van der Waals surface area contributed by atoms with Gasteiger partial charge in [-0.3, -0.25) is 9.78 Å². The fourth-order valence-corrected chi connectivity index (χ4v) is 4.15. The van der Waals surface area contributed by atoms with Crippen molar-refractivity contribution in [2.24, 2.45) is 0 Å². The van der Waals surface area contributed by atoms with Crippen LogP contribution in [0, 0.1) is 0 Å². The molecule has 1 aliphatic heterocycles. The number of nitrogens with zero attached hydrogens (tertiary/aromatic N) is 6. The van der Waals surface area contributed by atoms with Crippen molar-refractivity contribution in [1.29, 1.82) is 0 Å². The Morgan fingerprint density at radius 1 is 1.29 bits per heavy atom. The van der Waals surface area contributed by atoms with E-state index in [1.54, 1.807) is 16.9 Å². The van der Waals surface area contributed by atoms with Crippen LogP contribution < -0.4 is 5.73 Å². The van der Waals surface area contributed by atoms with Crippen LogP contribution in [0.5, 0.6) is 0 Å². The summed E-state index contributed by atoms with van der Waals surface area (Å²) in [6.07, 6.45) is 3.69. The average molecular weight is 437 g/mol. The van der Waals surface area contributed by atoms with E-state index >= 15 is 0 Å². The van der Waals surface area contributed by atoms with Gasteiger partial charge in [0.25, 0.3) is 0 Å². The Morgan fingerprint density at radius 2 is 2.23 bits per heavy atom. The molecule has 1 saturated heterocycles. The van der Waals surface area contributed by atoms with E-state index in [9.17, 15) is 4.79 Å². The van der Waals surface area contributed by atoms with Crippen molar-refractivity contribution in [2.75, 3.05) is 18.9 Å². The summed E-state index contributed by atoms with van der Waals surface area (Å²) < 4.78 is 12.8. The second kappa shape index (κ2) is 8.46. The fourth-order valence-electron chi connectivity index (χ4n) is 3.34. The number of carbonyl (C=O) groups excluding carboxylic acids is 1. The van der Waals surface area contributed by atoms with Crippen LogP contribution in [-0.2, 0) is 22.6 Å². The molecule has 0 amide bonds. The number of nitrogen functional groups attached to an aromatic ring is 1. The zero-order valence-electron chi connectivity index (χ0n) is 16.5. The van der Waals surface area contributed by atoms with E-state index in [-0.39, 0.29) is 12.1 Å². The monoisotopic (exact) mass is 437 g/mol. The first-order valence-corrected chi connectivity index (χ1v) is 10.6. The molecule has 4 aromatic heterocycles. The summed E-state index contributed by atoms with van der Waals surface area (Å²) in [5.74, 6) is 0.114. The molecule has 10 nitrogen and oxygen atoms in total. The summed E-state index contributed by atoms with van der Waals surface area (Å²) in [5, 5.41) is 8.47. The van der Waals surface area contributed by atoms with Gasteiger partial charge in [0.1, 0.15) is 5.69 Å². The van der Waals surface area contributed by atoms with Gasteiger partial charge in [-0.05, 0) is 30.2 Å². The molecule has 158 valence electrons. The van der Waals surface area contributed by atoms with Crippen molar-refractivity contribution in [3.63, 3.8) is 0 Å². The third-order valence-electron chi connectivity index (χ3n) is 4.93. The van der Waals surface area contributed by atoms with E-state index in [0.717, 1.165) is 35.4 Å². The summed E-state index contributed by atoms with van der Waals surface area (Å²) in [7, 11) is 0. The number of rotatable bonds is 7. The zero-order chi connectivity index (χ0) is 21.2. The minimum atomic E-state index is 0.114. The molecule has 0 aromatic carbocycles. The molecular formula is C20H19N7O3S. The second-order valence-corrected chi connectivity index (χ2v) is 8.24. The maximum atomic E-state index is 11.0. The Balaban J connectivity index is 1.36. The predicted octanol–water partition coefficient (Wildman–Crippen LogP) is 2.09. The first kappa shape index (κ1) is 19.7. The van der Waals surface area contributed by atoms with Crippen molar-refractivity contribution < 1.29 is 14.3 Å². The highest BCUT2D eigenvalue weighted by Gasteiger charge is 2.18. The maximum Gasteiger partial charge on any atom is 0.222 e. The number of carbonyl (C=O) groups is 1. The van der Waals surface area contributed by atoms with Gasteiger partial charge in [-0.25, -0.2) is 9.67 Å². The van der Waals surface area contributed by atoms with Gasteiger partial charge in [-0.2, -0.15) is 4.98 Å². The number of aldehydes is 1. The Morgan fingerprint density at radius 3 is 2.97 bits per heavy atom. The van der Waals surface area contributed by atoms with Crippen molar-refractivity contribution in [1.82, 2.24) is 29.9 Å². The molecule has 1 atom stereocenters. The van der Waals surface area contributed by atoms with E-state index in [1.165, 1.54) is 11.3 Å². The lowest BCUT2D eigenvalue weighted by Gasteiger charge is -2.10. The number of nitrogens with two attached hydrogens (primary N) is 1. The molecule has 0 aliphatic carbocycles.